The number of rotatable bonds is 10. The summed E-state index contributed by atoms with van der Waals surface area (Å²) >= 11 is 0. The Hall–Kier alpha value is -5.93. The van der Waals surface area contributed by atoms with E-state index in [1.807, 2.05) is 61.5 Å². The van der Waals surface area contributed by atoms with Gasteiger partial charge in [-0.1, -0.05) is 82.6 Å². The summed E-state index contributed by atoms with van der Waals surface area (Å²) in [4.78, 5) is 99.5. The molecule has 4 rings (SSSR count). The van der Waals surface area contributed by atoms with Crippen LogP contribution in [0.2, 0.25) is 0 Å². The van der Waals surface area contributed by atoms with Gasteiger partial charge in [0.15, 0.2) is 0 Å². The van der Waals surface area contributed by atoms with Crippen molar-refractivity contribution in [3.63, 3.8) is 0 Å². The van der Waals surface area contributed by atoms with Crippen LogP contribution in [0.3, 0.4) is 0 Å². The number of hydrogen-bond acceptors (Lipinski definition) is 7. The highest BCUT2D eigenvalue weighted by Gasteiger charge is 2.36. The van der Waals surface area contributed by atoms with E-state index in [1.54, 1.807) is 33.9 Å². The van der Waals surface area contributed by atoms with Gasteiger partial charge in [-0.2, -0.15) is 0 Å². The van der Waals surface area contributed by atoms with Crippen molar-refractivity contribution in [2.24, 2.45) is 11.8 Å². The van der Waals surface area contributed by atoms with E-state index in [2.05, 4.69) is 36.9 Å². The SMILES string of the molecule is CCC(C)[C@@H]1NC(=O)[C@H](NC(=O)N[C@H](C(=O)O)C(C)C)CCCCNC(=O)[C@H](Cc2ccccc2)NC(=O)[C@H](C)N(C)C(=O)[C@H](Cc2c[nH]c3ccccc23)NC1=O. The van der Waals surface area contributed by atoms with Crippen molar-refractivity contribution in [3.8, 4) is 0 Å². The molecule has 2 heterocycles. The average molecular weight is 803 g/mol. The number of amides is 7. The van der Waals surface area contributed by atoms with Gasteiger partial charge in [0.25, 0.3) is 0 Å². The fourth-order valence-corrected chi connectivity index (χ4v) is 6.83. The number of likely N-dealkylation sites (N-methyl/N-ethyl adjacent to an activating group) is 1. The van der Waals surface area contributed by atoms with Crippen LogP contribution in [0.4, 0.5) is 4.79 Å². The van der Waals surface area contributed by atoms with Crippen molar-refractivity contribution in [3.05, 3.63) is 71.9 Å². The van der Waals surface area contributed by atoms with Gasteiger partial charge in [-0.15, -0.1) is 0 Å². The number of hydrogen-bond donors (Lipinski definition) is 8. The first-order chi connectivity index (χ1) is 27.6. The maximum absolute atomic E-state index is 14.4. The summed E-state index contributed by atoms with van der Waals surface area (Å²) in [5, 5.41) is 26.9. The van der Waals surface area contributed by atoms with Gasteiger partial charge in [-0.05, 0) is 55.2 Å². The van der Waals surface area contributed by atoms with Gasteiger partial charge >= 0.3 is 12.0 Å². The molecule has 1 saturated heterocycles. The molecule has 2 aromatic carbocycles. The fourth-order valence-electron chi connectivity index (χ4n) is 6.83. The molecule has 58 heavy (non-hydrogen) atoms. The highest BCUT2D eigenvalue weighted by atomic mass is 16.4. The summed E-state index contributed by atoms with van der Waals surface area (Å²) in [5.74, 6) is -5.03. The number of aromatic nitrogens is 1. The molecule has 3 aromatic rings. The number of carbonyl (C=O) groups excluding carboxylic acids is 6. The molecule has 8 N–H and O–H groups in total. The third-order valence-electron chi connectivity index (χ3n) is 10.8. The van der Waals surface area contributed by atoms with E-state index in [0.29, 0.717) is 19.3 Å². The Balaban J connectivity index is 1.71. The Morgan fingerprint density at radius 1 is 0.845 bits per heavy atom. The highest BCUT2D eigenvalue weighted by molar-refractivity contribution is 5.97. The van der Waals surface area contributed by atoms with E-state index >= 15 is 0 Å². The lowest BCUT2D eigenvalue weighted by molar-refractivity contribution is -0.142. The van der Waals surface area contributed by atoms with Crippen molar-refractivity contribution in [1.82, 2.24) is 41.8 Å². The summed E-state index contributed by atoms with van der Waals surface area (Å²) in [6.07, 6.45) is 3.24. The second kappa shape index (κ2) is 21.0. The topological polar surface area (TPSA) is 231 Å². The molecule has 7 amide bonds. The van der Waals surface area contributed by atoms with Gasteiger partial charge in [0.2, 0.25) is 29.5 Å². The van der Waals surface area contributed by atoms with E-state index in [4.69, 9.17) is 0 Å². The Bertz CT molecular complexity index is 1920. The maximum atomic E-state index is 14.4. The lowest BCUT2D eigenvalue weighted by Gasteiger charge is -2.32. The number of carboxylic acid groups (broad SMARTS) is 1. The fraction of sp³-hybridized carbons (Fsp3) is 0.500. The smallest absolute Gasteiger partial charge is 0.326 e. The van der Waals surface area contributed by atoms with E-state index in [0.717, 1.165) is 22.0 Å². The molecule has 1 fully saturated rings. The summed E-state index contributed by atoms with van der Waals surface area (Å²) in [6.45, 7) is 8.62. The minimum atomic E-state index is -1.24. The highest BCUT2D eigenvalue weighted by Crippen LogP contribution is 2.21. The van der Waals surface area contributed by atoms with Crippen LogP contribution in [0.25, 0.3) is 10.9 Å². The number of aromatic amines is 1. The van der Waals surface area contributed by atoms with Crippen molar-refractivity contribution >= 4 is 52.4 Å². The van der Waals surface area contributed by atoms with Crippen LogP contribution >= 0.6 is 0 Å². The number of carbonyl (C=O) groups is 7. The lowest BCUT2D eigenvalue weighted by atomic mass is 9.96. The number of fused-ring (bicyclic) bond motifs is 1. The second-order valence-corrected chi connectivity index (χ2v) is 15.4. The molecule has 0 spiro atoms. The summed E-state index contributed by atoms with van der Waals surface area (Å²) in [5.41, 5.74) is 2.36. The molecule has 0 bridgehead atoms. The molecule has 0 saturated carbocycles. The molecule has 0 radical (unpaired) electrons. The zero-order valence-electron chi connectivity index (χ0n) is 34.1. The first kappa shape index (κ1) is 44.8. The Morgan fingerprint density at radius 3 is 2.19 bits per heavy atom. The Labute approximate surface area is 339 Å². The molecule has 1 unspecified atom stereocenters. The number of carboxylic acids is 1. The number of nitrogens with one attached hydrogen (secondary N) is 7. The molecule has 0 aliphatic carbocycles. The van der Waals surface area contributed by atoms with Crippen molar-refractivity contribution in [2.75, 3.05) is 13.6 Å². The zero-order chi connectivity index (χ0) is 42.5. The van der Waals surface area contributed by atoms with Crippen LogP contribution in [-0.4, -0.2) is 106 Å². The molecule has 1 aromatic heterocycles. The first-order valence-corrected chi connectivity index (χ1v) is 19.9. The zero-order valence-corrected chi connectivity index (χ0v) is 34.1. The summed E-state index contributed by atoms with van der Waals surface area (Å²) in [6, 6.07) is 9.00. The molecule has 314 valence electrons. The summed E-state index contributed by atoms with van der Waals surface area (Å²) in [7, 11) is 1.46. The third kappa shape index (κ3) is 12.0. The molecule has 1 aliphatic heterocycles. The van der Waals surface area contributed by atoms with Gasteiger partial charge in [0.05, 0.1) is 0 Å². The van der Waals surface area contributed by atoms with E-state index < -0.39 is 89.6 Å². The van der Waals surface area contributed by atoms with E-state index in [9.17, 15) is 38.7 Å². The standard InChI is InChI=1S/C42H58N8O8/c1-7-25(4)35-39(54)46-33(22-28-23-44-30-18-12-11-17-29(28)30)40(55)50(6)26(5)36(51)45-32(21-27-15-9-8-10-16-27)37(52)43-20-14-13-19-31(38(53)48-35)47-42(58)49-34(24(2)3)41(56)57/h8-12,15-18,23-26,31-35,44H,7,13-14,19-22H2,1-6H3,(H,43,52)(H,45,51)(H,46,54)(H,48,53)(H,56,57)(H2,47,49,58)/t25?,26-,31+,32-,33-,34-,35-/m0/s1. The third-order valence-corrected chi connectivity index (χ3v) is 10.8. The molecular weight excluding hydrogens is 745 g/mol. The monoisotopic (exact) mass is 802 g/mol. The Morgan fingerprint density at radius 2 is 1.52 bits per heavy atom. The average Bonchev–Trinajstić information content (AvgIpc) is 3.61. The van der Waals surface area contributed by atoms with Gasteiger partial charge in [-0.25, -0.2) is 9.59 Å². The maximum Gasteiger partial charge on any atom is 0.326 e. The van der Waals surface area contributed by atoms with Gasteiger partial charge in [0, 0.05) is 43.5 Å². The Kier molecular flexibility index (Phi) is 16.2. The number of para-hydroxylation sites is 1. The van der Waals surface area contributed by atoms with E-state index in [-0.39, 0.29) is 25.8 Å². The number of urea groups is 1. The van der Waals surface area contributed by atoms with E-state index in [1.165, 1.54) is 11.9 Å². The second-order valence-electron chi connectivity index (χ2n) is 15.4. The largest absolute Gasteiger partial charge is 0.480 e. The van der Waals surface area contributed by atoms with Gasteiger partial charge in [0.1, 0.15) is 36.3 Å². The molecule has 7 atom stereocenters. The van der Waals surface area contributed by atoms with Crippen LogP contribution < -0.4 is 31.9 Å². The van der Waals surface area contributed by atoms with Crippen molar-refractivity contribution in [1.29, 1.82) is 0 Å². The predicted molar refractivity (Wildman–Crippen MR) is 218 cm³/mol. The number of benzene rings is 2. The summed E-state index contributed by atoms with van der Waals surface area (Å²) < 4.78 is 0. The minimum absolute atomic E-state index is 0.0401. The van der Waals surface area contributed by atoms with Gasteiger partial charge < -0.3 is 46.9 Å². The first-order valence-electron chi connectivity index (χ1n) is 19.9. The van der Waals surface area contributed by atoms with Crippen LogP contribution in [0.5, 0.6) is 0 Å². The van der Waals surface area contributed by atoms with Crippen LogP contribution in [0.15, 0.2) is 60.8 Å². The number of aliphatic carboxylic acids is 1. The quantitative estimate of drug-likeness (QED) is 0.151. The molecule has 16 nitrogen and oxygen atoms in total. The molecule has 1 aliphatic rings. The van der Waals surface area contributed by atoms with Gasteiger partial charge in [-0.3, -0.25) is 24.0 Å². The van der Waals surface area contributed by atoms with Crippen LogP contribution in [0.1, 0.15) is 71.4 Å². The lowest BCUT2D eigenvalue weighted by Crippen LogP contribution is -2.61. The number of nitrogens with zero attached hydrogens (tertiary/aromatic N) is 1. The van der Waals surface area contributed by atoms with Crippen LogP contribution in [0, 0.1) is 11.8 Å². The number of H-pyrrole nitrogens is 1. The van der Waals surface area contributed by atoms with Crippen molar-refractivity contribution < 1.29 is 38.7 Å². The normalized spacial score (nSPS) is 23.0. The molecule has 16 heteroatoms. The molecular formula is C42H58N8O8. The van der Waals surface area contributed by atoms with Crippen LogP contribution in [-0.2, 0) is 41.6 Å². The van der Waals surface area contributed by atoms with Crippen molar-refractivity contribution in [2.45, 2.75) is 109 Å². The predicted octanol–water partition coefficient (Wildman–Crippen LogP) is 2.38. The minimum Gasteiger partial charge on any atom is -0.480 e.